The molecule has 164 valence electrons. The maximum absolute atomic E-state index is 13.7. The first-order chi connectivity index (χ1) is 13.9. The highest BCUT2D eigenvalue weighted by molar-refractivity contribution is 5.99. The van der Waals surface area contributed by atoms with Crippen molar-refractivity contribution in [2.24, 2.45) is 11.1 Å². The van der Waals surface area contributed by atoms with Crippen LogP contribution >= 0.6 is 0 Å². The number of ketones is 1. The van der Waals surface area contributed by atoms with E-state index in [1.54, 1.807) is 39.0 Å². The summed E-state index contributed by atoms with van der Waals surface area (Å²) in [5.41, 5.74) is 4.69. The summed E-state index contributed by atoms with van der Waals surface area (Å²) in [7, 11) is 1.43. The normalized spacial score (nSPS) is 12.0. The molecule has 0 atom stereocenters. The first-order valence-electron chi connectivity index (χ1n) is 9.32. The fourth-order valence-electron chi connectivity index (χ4n) is 2.96. The SMILES string of the molecule is COc1cc(CN)ccc1COc1ccc(C(=O)CC(C)(C)C)c(O)c1C(F)(F)F. The number of aromatic hydroxyl groups is 1. The summed E-state index contributed by atoms with van der Waals surface area (Å²) < 4.78 is 51.6. The second-order valence-electron chi connectivity index (χ2n) is 8.13. The molecule has 0 saturated heterocycles. The van der Waals surface area contributed by atoms with Crippen LogP contribution in [0, 0.1) is 5.41 Å². The first-order valence-corrected chi connectivity index (χ1v) is 9.32. The number of rotatable bonds is 7. The molecule has 8 heteroatoms. The van der Waals surface area contributed by atoms with E-state index < -0.39 is 34.4 Å². The average Bonchev–Trinajstić information content (AvgIpc) is 2.63. The minimum atomic E-state index is -4.91. The van der Waals surface area contributed by atoms with Crippen LogP contribution in [0.15, 0.2) is 30.3 Å². The fraction of sp³-hybridized carbons (Fsp3) is 0.409. The van der Waals surface area contributed by atoms with Crippen molar-refractivity contribution in [3.63, 3.8) is 0 Å². The van der Waals surface area contributed by atoms with Crippen LogP contribution < -0.4 is 15.2 Å². The lowest BCUT2D eigenvalue weighted by Gasteiger charge is -2.20. The molecule has 0 aliphatic carbocycles. The molecular formula is C22H26F3NO4. The smallest absolute Gasteiger partial charge is 0.423 e. The summed E-state index contributed by atoms with van der Waals surface area (Å²) in [6.45, 7) is 5.41. The Hall–Kier alpha value is -2.74. The van der Waals surface area contributed by atoms with E-state index in [2.05, 4.69) is 0 Å². The number of nitrogens with two attached hydrogens (primary N) is 1. The Labute approximate surface area is 173 Å². The van der Waals surface area contributed by atoms with Gasteiger partial charge in [0.2, 0.25) is 0 Å². The van der Waals surface area contributed by atoms with Crippen molar-refractivity contribution < 1.29 is 32.5 Å². The molecule has 0 bridgehead atoms. The molecule has 0 fully saturated rings. The molecular weight excluding hydrogens is 399 g/mol. The van der Waals surface area contributed by atoms with Gasteiger partial charge in [-0.3, -0.25) is 4.79 Å². The average molecular weight is 425 g/mol. The van der Waals surface area contributed by atoms with Crippen LogP contribution in [0.25, 0.3) is 0 Å². The van der Waals surface area contributed by atoms with Crippen LogP contribution in [0.2, 0.25) is 0 Å². The van der Waals surface area contributed by atoms with Crippen LogP contribution in [0.5, 0.6) is 17.2 Å². The monoisotopic (exact) mass is 425 g/mol. The second kappa shape index (κ2) is 8.95. The summed E-state index contributed by atoms with van der Waals surface area (Å²) in [6.07, 6.45) is -4.92. The van der Waals surface area contributed by atoms with Crippen molar-refractivity contribution in [1.29, 1.82) is 0 Å². The maximum Gasteiger partial charge on any atom is 0.423 e. The Kier molecular flexibility index (Phi) is 7.02. The number of phenolic OH excluding ortho intramolecular Hbond substituents is 1. The summed E-state index contributed by atoms with van der Waals surface area (Å²) in [5, 5.41) is 10.3. The number of Topliss-reactive ketones (excluding diaryl/α,β-unsaturated/α-hetero) is 1. The highest BCUT2D eigenvalue weighted by Crippen LogP contribution is 2.44. The molecule has 0 aromatic heterocycles. The van der Waals surface area contributed by atoms with E-state index >= 15 is 0 Å². The van der Waals surface area contributed by atoms with Gasteiger partial charge in [0.15, 0.2) is 5.78 Å². The Bertz CT molecular complexity index is 918. The summed E-state index contributed by atoms with van der Waals surface area (Å²) in [6, 6.07) is 7.25. The standard InChI is InChI=1S/C22H26F3NO4/c1-21(2,3)10-16(27)15-7-8-17(19(20(15)28)22(23,24)25)30-12-14-6-5-13(11-26)9-18(14)29-4/h5-9,28H,10-12,26H2,1-4H3. The van der Waals surface area contributed by atoms with Crippen LogP contribution in [0.1, 0.15) is 54.2 Å². The van der Waals surface area contributed by atoms with Gasteiger partial charge in [0.1, 0.15) is 29.4 Å². The third-order valence-corrected chi connectivity index (χ3v) is 4.38. The van der Waals surface area contributed by atoms with Gasteiger partial charge in [-0.1, -0.05) is 32.9 Å². The van der Waals surface area contributed by atoms with E-state index in [1.807, 2.05) is 0 Å². The Morgan fingerprint density at radius 1 is 1.10 bits per heavy atom. The molecule has 0 spiro atoms. The molecule has 2 aromatic carbocycles. The summed E-state index contributed by atoms with van der Waals surface area (Å²) >= 11 is 0. The first kappa shape index (κ1) is 23.5. The predicted octanol–water partition coefficient (Wildman–Crippen LogP) is 5.08. The highest BCUT2D eigenvalue weighted by atomic mass is 19.4. The molecule has 0 radical (unpaired) electrons. The summed E-state index contributed by atoms with van der Waals surface area (Å²) in [5.74, 6) is -1.85. The van der Waals surface area contributed by atoms with Gasteiger partial charge in [0.25, 0.3) is 0 Å². The van der Waals surface area contributed by atoms with Crippen molar-refractivity contribution >= 4 is 5.78 Å². The molecule has 30 heavy (non-hydrogen) atoms. The lowest BCUT2D eigenvalue weighted by Crippen LogP contribution is -2.16. The second-order valence-corrected chi connectivity index (χ2v) is 8.13. The van der Waals surface area contributed by atoms with Crippen molar-refractivity contribution in [3.05, 3.63) is 52.6 Å². The minimum absolute atomic E-state index is 0.0112. The van der Waals surface area contributed by atoms with Crippen molar-refractivity contribution in [2.45, 2.75) is 46.5 Å². The van der Waals surface area contributed by atoms with Crippen molar-refractivity contribution in [1.82, 2.24) is 0 Å². The zero-order chi connectivity index (χ0) is 22.7. The van der Waals surface area contributed by atoms with Gasteiger partial charge in [0.05, 0.1) is 12.7 Å². The van der Waals surface area contributed by atoms with E-state index in [9.17, 15) is 23.1 Å². The largest absolute Gasteiger partial charge is 0.506 e. The molecule has 0 amide bonds. The number of benzene rings is 2. The number of ether oxygens (including phenoxy) is 2. The van der Waals surface area contributed by atoms with Crippen LogP contribution in [-0.4, -0.2) is 18.0 Å². The van der Waals surface area contributed by atoms with Crippen LogP contribution in [0.3, 0.4) is 0 Å². The number of carbonyl (C=O) groups excluding carboxylic acids is 1. The van der Waals surface area contributed by atoms with Gasteiger partial charge in [-0.15, -0.1) is 0 Å². The number of carbonyl (C=O) groups is 1. The highest BCUT2D eigenvalue weighted by Gasteiger charge is 2.40. The maximum atomic E-state index is 13.7. The molecule has 0 aliphatic rings. The molecule has 0 heterocycles. The van der Waals surface area contributed by atoms with Gasteiger partial charge in [-0.2, -0.15) is 13.2 Å². The number of phenols is 1. The van der Waals surface area contributed by atoms with Gasteiger partial charge in [-0.25, -0.2) is 0 Å². The molecule has 0 unspecified atom stereocenters. The van der Waals surface area contributed by atoms with Gasteiger partial charge >= 0.3 is 6.18 Å². The van der Waals surface area contributed by atoms with Crippen molar-refractivity contribution in [2.75, 3.05) is 7.11 Å². The van der Waals surface area contributed by atoms with E-state index in [0.29, 0.717) is 11.3 Å². The third-order valence-electron chi connectivity index (χ3n) is 4.38. The molecule has 0 saturated carbocycles. The van der Waals surface area contributed by atoms with Gasteiger partial charge in [0, 0.05) is 18.5 Å². The zero-order valence-electron chi connectivity index (χ0n) is 17.4. The van der Waals surface area contributed by atoms with Crippen LogP contribution in [-0.2, 0) is 19.3 Å². The van der Waals surface area contributed by atoms with E-state index in [1.165, 1.54) is 7.11 Å². The Morgan fingerprint density at radius 2 is 1.77 bits per heavy atom. The van der Waals surface area contributed by atoms with E-state index in [-0.39, 0.29) is 25.1 Å². The quantitative estimate of drug-likeness (QED) is 0.605. The third kappa shape index (κ3) is 5.66. The van der Waals surface area contributed by atoms with Crippen molar-refractivity contribution in [3.8, 4) is 17.2 Å². The lowest BCUT2D eigenvalue weighted by molar-refractivity contribution is -0.140. The number of alkyl halides is 3. The lowest BCUT2D eigenvalue weighted by atomic mass is 9.87. The molecule has 5 nitrogen and oxygen atoms in total. The Morgan fingerprint density at radius 3 is 2.30 bits per heavy atom. The molecule has 0 aliphatic heterocycles. The molecule has 3 N–H and O–H groups in total. The zero-order valence-corrected chi connectivity index (χ0v) is 17.4. The van der Waals surface area contributed by atoms with E-state index in [4.69, 9.17) is 15.2 Å². The minimum Gasteiger partial charge on any atom is -0.506 e. The number of hydrogen-bond donors (Lipinski definition) is 2. The fourth-order valence-corrected chi connectivity index (χ4v) is 2.96. The van der Waals surface area contributed by atoms with Crippen LogP contribution in [0.4, 0.5) is 13.2 Å². The predicted molar refractivity (Wildman–Crippen MR) is 107 cm³/mol. The molecule has 2 aromatic rings. The summed E-state index contributed by atoms with van der Waals surface area (Å²) in [4.78, 5) is 12.4. The van der Waals surface area contributed by atoms with Gasteiger partial charge < -0.3 is 20.3 Å². The molecule has 2 rings (SSSR count). The topological polar surface area (TPSA) is 81.8 Å². The number of methoxy groups -OCH3 is 1. The Balaban J connectivity index is 2.39. The number of hydrogen-bond acceptors (Lipinski definition) is 5. The van der Waals surface area contributed by atoms with E-state index in [0.717, 1.165) is 17.7 Å². The number of halogens is 3. The van der Waals surface area contributed by atoms with Gasteiger partial charge in [-0.05, 0) is 29.2 Å².